The maximum atomic E-state index is 13.1. The first-order chi connectivity index (χ1) is 16.0. The van der Waals surface area contributed by atoms with Crippen molar-refractivity contribution in [2.45, 2.75) is 32.2 Å². The highest BCUT2D eigenvalue weighted by atomic mass is 16.5. The second kappa shape index (κ2) is 9.77. The fraction of sp³-hybridized carbons (Fsp3) is 0.320. The molecule has 3 amide bonds. The van der Waals surface area contributed by atoms with Crippen molar-refractivity contribution in [1.82, 2.24) is 20.7 Å². The highest BCUT2D eigenvalue weighted by molar-refractivity contribution is 6.07. The van der Waals surface area contributed by atoms with E-state index in [0.717, 1.165) is 29.3 Å². The molecular formula is C25H28N4O4. The molecular weight excluding hydrogens is 420 g/mol. The minimum atomic E-state index is -0.619. The van der Waals surface area contributed by atoms with Crippen LogP contribution in [0.15, 0.2) is 54.7 Å². The summed E-state index contributed by atoms with van der Waals surface area (Å²) in [5, 5.41) is 0.766. The summed E-state index contributed by atoms with van der Waals surface area (Å²) in [6, 6.07) is 14.4. The van der Waals surface area contributed by atoms with Crippen molar-refractivity contribution in [2.24, 2.45) is 5.92 Å². The lowest BCUT2D eigenvalue weighted by Gasteiger charge is -2.28. The Balaban J connectivity index is 1.51. The van der Waals surface area contributed by atoms with E-state index in [9.17, 15) is 14.4 Å². The number of rotatable bonds is 7. The van der Waals surface area contributed by atoms with Gasteiger partial charge in [-0.1, -0.05) is 43.7 Å². The summed E-state index contributed by atoms with van der Waals surface area (Å²) in [4.78, 5) is 43.4. The number of aromatic nitrogens is 1. The topological polar surface area (TPSA) is 104 Å². The third-order valence-electron chi connectivity index (χ3n) is 6.11. The number of hydrazine groups is 1. The first kappa shape index (κ1) is 22.4. The molecule has 33 heavy (non-hydrogen) atoms. The number of hydrogen-bond acceptors (Lipinski definition) is 4. The van der Waals surface area contributed by atoms with E-state index in [1.54, 1.807) is 18.2 Å². The van der Waals surface area contributed by atoms with Crippen LogP contribution in [0.3, 0.4) is 0 Å². The number of nitrogens with zero attached hydrogens (tertiary/aromatic N) is 1. The minimum absolute atomic E-state index is 0.0626. The number of nitrogens with one attached hydrogen (secondary N) is 3. The van der Waals surface area contributed by atoms with Crippen LogP contribution in [0.25, 0.3) is 10.9 Å². The maximum absolute atomic E-state index is 13.1. The van der Waals surface area contributed by atoms with E-state index in [-0.39, 0.29) is 12.3 Å². The van der Waals surface area contributed by atoms with Gasteiger partial charge in [0.05, 0.1) is 24.6 Å². The quantitative estimate of drug-likeness (QED) is 0.482. The number of benzene rings is 2. The van der Waals surface area contributed by atoms with Gasteiger partial charge in [0.2, 0.25) is 11.8 Å². The minimum Gasteiger partial charge on any atom is -0.497 e. The maximum Gasteiger partial charge on any atom is 0.271 e. The normalized spacial score (nSPS) is 17.9. The number of carbonyl (C=O) groups excluding carboxylic acids is 3. The summed E-state index contributed by atoms with van der Waals surface area (Å²) >= 11 is 0. The van der Waals surface area contributed by atoms with E-state index in [2.05, 4.69) is 22.8 Å². The van der Waals surface area contributed by atoms with Gasteiger partial charge in [0.1, 0.15) is 5.75 Å². The van der Waals surface area contributed by atoms with Crippen LogP contribution in [-0.2, 0) is 9.59 Å². The molecule has 2 heterocycles. The molecule has 1 fully saturated rings. The van der Waals surface area contributed by atoms with Gasteiger partial charge in [-0.25, -0.2) is 0 Å². The third kappa shape index (κ3) is 4.55. The van der Waals surface area contributed by atoms with Gasteiger partial charge in [0.15, 0.2) is 0 Å². The molecule has 172 valence electrons. The molecule has 8 heteroatoms. The number of ether oxygens (including phenoxy) is 1. The van der Waals surface area contributed by atoms with Crippen molar-refractivity contribution in [3.8, 4) is 5.75 Å². The Hall–Kier alpha value is -3.81. The Morgan fingerprint density at radius 2 is 1.88 bits per heavy atom. The molecule has 0 spiro atoms. The van der Waals surface area contributed by atoms with Gasteiger partial charge in [-0.3, -0.25) is 25.2 Å². The monoisotopic (exact) mass is 448 g/mol. The zero-order valence-electron chi connectivity index (χ0n) is 18.8. The summed E-state index contributed by atoms with van der Waals surface area (Å²) in [5.74, 6) is -0.793. The van der Waals surface area contributed by atoms with Crippen LogP contribution in [-0.4, -0.2) is 41.3 Å². The second-order valence-corrected chi connectivity index (χ2v) is 8.16. The molecule has 1 aliphatic heterocycles. The molecule has 0 saturated carbocycles. The van der Waals surface area contributed by atoms with Gasteiger partial charge in [-0.15, -0.1) is 0 Å². The van der Waals surface area contributed by atoms with E-state index in [0.29, 0.717) is 17.9 Å². The number of methoxy groups -OCH3 is 1. The fourth-order valence-electron chi connectivity index (χ4n) is 4.37. The van der Waals surface area contributed by atoms with Crippen LogP contribution in [0.4, 0.5) is 0 Å². The molecule has 0 radical (unpaired) electrons. The van der Waals surface area contributed by atoms with Gasteiger partial charge in [0.25, 0.3) is 5.91 Å². The fourth-order valence-corrected chi connectivity index (χ4v) is 4.37. The van der Waals surface area contributed by atoms with Gasteiger partial charge >= 0.3 is 0 Å². The number of para-hydroxylation sites is 1. The number of fused-ring (bicyclic) bond motifs is 1. The SMILES string of the molecule is CCCCN1C(=O)CC(C(=O)NNC(=O)c2c[nH]c3ccccc23)C1c1ccc(OC)cc1. The number of hydrogen-bond donors (Lipinski definition) is 3. The van der Waals surface area contributed by atoms with E-state index in [1.165, 1.54) is 0 Å². The summed E-state index contributed by atoms with van der Waals surface area (Å²) in [6.07, 6.45) is 3.49. The predicted octanol–water partition coefficient (Wildman–Crippen LogP) is 3.33. The lowest BCUT2D eigenvalue weighted by molar-refractivity contribution is -0.129. The molecule has 1 aliphatic rings. The summed E-state index contributed by atoms with van der Waals surface area (Å²) < 4.78 is 5.24. The van der Waals surface area contributed by atoms with E-state index >= 15 is 0 Å². The molecule has 4 rings (SSSR count). The molecule has 3 aromatic rings. The number of likely N-dealkylation sites (tertiary alicyclic amines) is 1. The van der Waals surface area contributed by atoms with E-state index in [4.69, 9.17) is 4.74 Å². The Bertz CT molecular complexity index is 1150. The second-order valence-electron chi connectivity index (χ2n) is 8.16. The van der Waals surface area contributed by atoms with Crippen LogP contribution in [0.1, 0.15) is 48.1 Å². The van der Waals surface area contributed by atoms with Crippen LogP contribution >= 0.6 is 0 Å². The number of aromatic amines is 1. The smallest absolute Gasteiger partial charge is 0.271 e. The average molecular weight is 449 g/mol. The van der Waals surface area contributed by atoms with Gasteiger partial charge in [-0.05, 0) is 30.2 Å². The predicted molar refractivity (Wildman–Crippen MR) is 124 cm³/mol. The molecule has 3 N–H and O–H groups in total. The highest BCUT2D eigenvalue weighted by Crippen LogP contribution is 2.39. The zero-order chi connectivity index (χ0) is 23.4. The Morgan fingerprint density at radius 3 is 2.61 bits per heavy atom. The highest BCUT2D eigenvalue weighted by Gasteiger charge is 2.44. The van der Waals surface area contributed by atoms with Crippen LogP contribution in [0, 0.1) is 5.92 Å². The molecule has 8 nitrogen and oxygen atoms in total. The van der Waals surface area contributed by atoms with Gasteiger partial charge in [-0.2, -0.15) is 0 Å². The number of amides is 3. The Labute approximate surface area is 192 Å². The summed E-state index contributed by atoms with van der Waals surface area (Å²) in [5.41, 5.74) is 7.18. The third-order valence-corrected chi connectivity index (χ3v) is 6.11. The van der Waals surface area contributed by atoms with Crippen molar-refractivity contribution < 1.29 is 19.1 Å². The molecule has 1 saturated heterocycles. The molecule has 1 aromatic heterocycles. The number of H-pyrrole nitrogens is 1. The van der Waals surface area contributed by atoms with Crippen molar-refractivity contribution in [2.75, 3.05) is 13.7 Å². The zero-order valence-corrected chi connectivity index (χ0v) is 18.8. The first-order valence-corrected chi connectivity index (χ1v) is 11.1. The van der Waals surface area contributed by atoms with Gasteiger partial charge < -0.3 is 14.6 Å². The van der Waals surface area contributed by atoms with E-state index < -0.39 is 23.8 Å². The Kier molecular flexibility index (Phi) is 6.63. The van der Waals surface area contributed by atoms with Gasteiger partial charge in [0, 0.05) is 30.1 Å². The Morgan fingerprint density at radius 1 is 1.12 bits per heavy atom. The molecule has 2 atom stereocenters. The summed E-state index contributed by atoms with van der Waals surface area (Å²) in [6.45, 7) is 2.64. The largest absolute Gasteiger partial charge is 0.497 e. The summed E-state index contributed by atoms with van der Waals surface area (Å²) in [7, 11) is 1.59. The van der Waals surface area contributed by atoms with Crippen LogP contribution in [0.5, 0.6) is 5.75 Å². The van der Waals surface area contributed by atoms with Crippen LogP contribution in [0.2, 0.25) is 0 Å². The standard InChI is InChI=1S/C25H28N4O4/c1-3-4-13-29-22(30)14-19(23(29)16-9-11-17(33-2)12-10-16)24(31)27-28-25(32)20-15-26-21-8-6-5-7-18(20)21/h5-12,15,19,23,26H,3-4,13-14H2,1-2H3,(H,27,31)(H,28,32). The van der Waals surface area contributed by atoms with Crippen molar-refractivity contribution in [1.29, 1.82) is 0 Å². The molecule has 2 aromatic carbocycles. The van der Waals surface area contributed by atoms with E-state index in [1.807, 2.05) is 48.5 Å². The lowest BCUT2D eigenvalue weighted by atomic mass is 9.93. The first-order valence-electron chi connectivity index (χ1n) is 11.1. The van der Waals surface area contributed by atoms with Crippen molar-refractivity contribution in [3.05, 3.63) is 65.9 Å². The lowest BCUT2D eigenvalue weighted by Crippen LogP contribution is -2.45. The molecule has 0 aliphatic carbocycles. The number of carbonyl (C=O) groups is 3. The van der Waals surface area contributed by atoms with Crippen molar-refractivity contribution in [3.63, 3.8) is 0 Å². The average Bonchev–Trinajstić information content (AvgIpc) is 3.42. The molecule has 2 unspecified atom stereocenters. The number of unbranched alkanes of at least 4 members (excludes halogenated alkanes) is 1. The van der Waals surface area contributed by atoms with Crippen LogP contribution < -0.4 is 15.6 Å². The van der Waals surface area contributed by atoms with Crippen molar-refractivity contribution >= 4 is 28.6 Å². The molecule has 0 bridgehead atoms.